The van der Waals surface area contributed by atoms with Crippen LogP contribution in [0.2, 0.25) is 0 Å². The molecule has 1 saturated heterocycles. The molecule has 1 fully saturated rings. The lowest BCUT2D eigenvalue weighted by Gasteiger charge is -2.20. The second-order valence-corrected chi connectivity index (χ2v) is 7.12. The van der Waals surface area contributed by atoms with E-state index in [9.17, 15) is 19.2 Å². The van der Waals surface area contributed by atoms with Crippen molar-refractivity contribution in [1.82, 2.24) is 4.90 Å². The molecule has 2 heterocycles. The molecule has 0 saturated carbocycles. The fraction of sp³-hybridized carbons (Fsp3) is 0.273. The summed E-state index contributed by atoms with van der Waals surface area (Å²) in [6.07, 6.45) is 1.01. The van der Waals surface area contributed by atoms with E-state index in [1.807, 2.05) is 0 Å². The van der Waals surface area contributed by atoms with E-state index < -0.39 is 23.9 Å². The lowest BCUT2D eigenvalue weighted by molar-refractivity contribution is -0.138. The van der Waals surface area contributed by atoms with Crippen LogP contribution < -0.4 is 4.90 Å². The van der Waals surface area contributed by atoms with Crippen LogP contribution in [0.5, 0.6) is 0 Å². The van der Waals surface area contributed by atoms with Gasteiger partial charge in [0, 0.05) is 13.1 Å². The number of ether oxygens (including phenoxy) is 1. The van der Waals surface area contributed by atoms with Crippen molar-refractivity contribution >= 4 is 29.4 Å². The second-order valence-electron chi connectivity index (χ2n) is 7.12. The SMILES string of the molecule is CC(OC(=O)c1cccc(N2C(=O)c3ccccc3C2=O)c1)C(=O)N1CCCC1. The zero-order chi connectivity index (χ0) is 20.5. The van der Waals surface area contributed by atoms with Gasteiger partial charge < -0.3 is 9.64 Å². The van der Waals surface area contributed by atoms with Crippen molar-refractivity contribution in [2.45, 2.75) is 25.9 Å². The zero-order valence-electron chi connectivity index (χ0n) is 16.0. The number of nitrogens with zero attached hydrogens (tertiary/aromatic N) is 2. The maximum atomic E-state index is 12.6. The number of fused-ring (bicyclic) bond motifs is 1. The highest BCUT2D eigenvalue weighted by molar-refractivity contribution is 6.34. The Morgan fingerprint density at radius 2 is 1.55 bits per heavy atom. The zero-order valence-corrected chi connectivity index (χ0v) is 16.0. The van der Waals surface area contributed by atoms with Crippen molar-refractivity contribution in [1.29, 1.82) is 0 Å². The first-order valence-electron chi connectivity index (χ1n) is 9.55. The molecule has 0 bridgehead atoms. The standard InChI is InChI=1S/C22H20N2O5/c1-14(19(25)23-11-4-5-12-23)29-22(28)15-7-6-8-16(13-15)24-20(26)17-9-2-3-10-18(17)21(24)27/h2-3,6-10,13-14H,4-5,11-12H2,1H3. The lowest BCUT2D eigenvalue weighted by atomic mass is 10.1. The van der Waals surface area contributed by atoms with Gasteiger partial charge in [0.15, 0.2) is 6.10 Å². The largest absolute Gasteiger partial charge is 0.449 e. The van der Waals surface area contributed by atoms with Crippen molar-refractivity contribution in [3.05, 3.63) is 65.2 Å². The van der Waals surface area contributed by atoms with Crippen LogP contribution in [0.3, 0.4) is 0 Å². The highest BCUT2D eigenvalue weighted by atomic mass is 16.5. The van der Waals surface area contributed by atoms with Crippen LogP contribution in [0.1, 0.15) is 50.8 Å². The summed E-state index contributed by atoms with van der Waals surface area (Å²) in [6.45, 7) is 2.90. The van der Waals surface area contributed by atoms with Gasteiger partial charge in [0.1, 0.15) is 0 Å². The van der Waals surface area contributed by atoms with Gasteiger partial charge in [-0.3, -0.25) is 14.4 Å². The Hall–Kier alpha value is -3.48. The van der Waals surface area contributed by atoms with E-state index >= 15 is 0 Å². The van der Waals surface area contributed by atoms with Gasteiger partial charge in [0.2, 0.25) is 0 Å². The van der Waals surface area contributed by atoms with Crippen molar-refractivity contribution in [2.24, 2.45) is 0 Å². The first-order valence-corrected chi connectivity index (χ1v) is 9.55. The average molecular weight is 392 g/mol. The summed E-state index contributed by atoms with van der Waals surface area (Å²) in [4.78, 5) is 52.9. The number of hydrogen-bond acceptors (Lipinski definition) is 5. The Bertz CT molecular complexity index is 975. The van der Waals surface area contributed by atoms with E-state index in [1.165, 1.54) is 12.1 Å². The Morgan fingerprint density at radius 3 is 2.17 bits per heavy atom. The molecule has 2 aliphatic heterocycles. The topological polar surface area (TPSA) is 84.0 Å². The van der Waals surface area contributed by atoms with Crippen LogP contribution in [0.4, 0.5) is 5.69 Å². The Kier molecular flexibility index (Phi) is 4.88. The molecule has 0 N–H and O–H groups in total. The summed E-state index contributed by atoms with van der Waals surface area (Å²) in [5.74, 6) is -1.77. The first-order chi connectivity index (χ1) is 14.0. The smallest absolute Gasteiger partial charge is 0.338 e. The third kappa shape index (κ3) is 3.40. The molecular formula is C22H20N2O5. The average Bonchev–Trinajstić information content (AvgIpc) is 3.35. The first kappa shape index (κ1) is 18.9. The summed E-state index contributed by atoms with van der Waals surface area (Å²) in [7, 11) is 0. The summed E-state index contributed by atoms with van der Waals surface area (Å²) in [6, 6.07) is 12.7. The minimum atomic E-state index is -0.899. The number of likely N-dealkylation sites (tertiary alicyclic amines) is 1. The molecule has 7 nitrogen and oxygen atoms in total. The number of benzene rings is 2. The molecule has 0 aromatic heterocycles. The van der Waals surface area contributed by atoms with Crippen LogP contribution in [-0.2, 0) is 9.53 Å². The monoisotopic (exact) mass is 392 g/mol. The molecule has 4 rings (SSSR count). The number of imide groups is 1. The summed E-state index contributed by atoms with van der Waals surface area (Å²) in [5, 5.41) is 0. The van der Waals surface area contributed by atoms with Crippen molar-refractivity contribution in [3.8, 4) is 0 Å². The number of carbonyl (C=O) groups excluding carboxylic acids is 4. The molecule has 0 aliphatic carbocycles. The van der Waals surface area contributed by atoms with Gasteiger partial charge in [0.05, 0.1) is 22.4 Å². The fourth-order valence-corrected chi connectivity index (χ4v) is 3.67. The van der Waals surface area contributed by atoms with Crippen molar-refractivity contribution in [3.63, 3.8) is 0 Å². The third-order valence-corrected chi connectivity index (χ3v) is 5.18. The quantitative estimate of drug-likeness (QED) is 0.590. The molecule has 2 aliphatic rings. The number of amides is 3. The van der Waals surface area contributed by atoms with E-state index in [-0.39, 0.29) is 17.2 Å². The molecule has 29 heavy (non-hydrogen) atoms. The van der Waals surface area contributed by atoms with Gasteiger partial charge in [-0.2, -0.15) is 0 Å². The molecule has 1 atom stereocenters. The number of esters is 1. The van der Waals surface area contributed by atoms with Gasteiger partial charge in [-0.25, -0.2) is 9.69 Å². The molecule has 2 aromatic rings. The van der Waals surface area contributed by atoms with Gasteiger partial charge in [-0.05, 0) is 50.1 Å². The van der Waals surface area contributed by atoms with Crippen molar-refractivity contribution < 1.29 is 23.9 Å². The van der Waals surface area contributed by atoms with E-state index in [2.05, 4.69) is 0 Å². The van der Waals surface area contributed by atoms with Crippen LogP contribution >= 0.6 is 0 Å². The van der Waals surface area contributed by atoms with Gasteiger partial charge in [0.25, 0.3) is 17.7 Å². The number of anilines is 1. The third-order valence-electron chi connectivity index (χ3n) is 5.18. The predicted molar refractivity (Wildman–Crippen MR) is 105 cm³/mol. The van der Waals surface area contributed by atoms with Crippen LogP contribution in [0, 0.1) is 0 Å². The normalized spacial score (nSPS) is 16.7. The van der Waals surface area contributed by atoms with Crippen molar-refractivity contribution in [2.75, 3.05) is 18.0 Å². The summed E-state index contributed by atoms with van der Waals surface area (Å²) >= 11 is 0. The maximum Gasteiger partial charge on any atom is 0.338 e. The summed E-state index contributed by atoms with van der Waals surface area (Å²) < 4.78 is 5.33. The Morgan fingerprint density at radius 1 is 0.931 bits per heavy atom. The van der Waals surface area contributed by atoms with Crippen LogP contribution in [0.25, 0.3) is 0 Å². The van der Waals surface area contributed by atoms with Gasteiger partial charge in [-0.1, -0.05) is 18.2 Å². The molecule has 148 valence electrons. The predicted octanol–water partition coefficient (Wildman–Crippen LogP) is 2.65. The number of carbonyl (C=O) groups is 4. The molecule has 7 heteroatoms. The molecule has 3 amide bonds. The minimum Gasteiger partial charge on any atom is -0.449 e. The van der Waals surface area contributed by atoms with E-state index in [0.717, 1.165) is 17.7 Å². The fourth-order valence-electron chi connectivity index (χ4n) is 3.67. The highest BCUT2D eigenvalue weighted by Crippen LogP contribution is 2.29. The van der Waals surface area contributed by atoms with Gasteiger partial charge >= 0.3 is 5.97 Å². The molecule has 0 spiro atoms. The Balaban J connectivity index is 1.52. The van der Waals surface area contributed by atoms with E-state index in [0.29, 0.717) is 24.2 Å². The molecular weight excluding hydrogens is 372 g/mol. The maximum absolute atomic E-state index is 12.6. The number of hydrogen-bond donors (Lipinski definition) is 0. The second kappa shape index (κ2) is 7.50. The van der Waals surface area contributed by atoms with Gasteiger partial charge in [-0.15, -0.1) is 0 Å². The minimum absolute atomic E-state index is 0.167. The summed E-state index contributed by atoms with van der Waals surface area (Å²) in [5.41, 5.74) is 1.11. The molecule has 1 unspecified atom stereocenters. The Labute approximate surface area is 167 Å². The lowest BCUT2D eigenvalue weighted by Crippen LogP contribution is -2.38. The van der Waals surface area contributed by atoms with Crippen LogP contribution in [0.15, 0.2) is 48.5 Å². The van der Waals surface area contributed by atoms with E-state index in [1.54, 1.807) is 48.2 Å². The highest BCUT2D eigenvalue weighted by Gasteiger charge is 2.36. The number of rotatable bonds is 4. The van der Waals surface area contributed by atoms with E-state index in [4.69, 9.17) is 4.74 Å². The van der Waals surface area contributed by atoms with Crippen LogP contribution in [-0.4, -0.2) is 47.8 Å². The molecule has 0 radical (unpaired) electrons. The molecule has 2 aromatic carbocycles.